The molecule has 0 fully saturated rings. The Morgan fingerprint density at radius 3 is 2.62 bits per heavy atom. The van der Waals surface area contributed by atoms with E-state index >= 15 is 0 Å². The van der Waals surface area contributed by atoms with Crippen molar-refractivity contribution in [2.75, 3.05) is 33.7 Å². The lowest BCUT2D eigenvalue weighted by Crippen LogP contribution is -2.43. The van der Waals surface area contributed by atoms with E-state index in [0.29, 0.717) is 0 Å². The standard InChI is InChI=1S/C18H30N2O/c1-4-12-20(14-13-19(2)3)17-11-7-9-15-8-5-6-10-16(15)18(17)21/h5-6,8,10,17-18,21H,4,7,9,11-14H2,1-3H3. The van der Waals surface area contributed by atoms with E-state index in [2.05, 4.69) is 55.1 Å². The van der Waals surface area contributed by atoms with Crippen molar-refractivity contribution in [3.63, 3.8) is 0 Å². The van der Waals surface area contributed by atoms with Gasteiger partial charge in [-0.15, -0.1) is 0 Å². The highest BCUT2D eigenvalue weighted by Gasteiger charge is 2.30. The summed E-state index contributed by atoms with van der Waals surface area (Å²) in [5.41, 5.74) is 2.47. The Bertz CT molecular complexity index is 433. The van der Waals surface area contributed by atoms with Gasteiger partial charge in [-0.3, -0.25) is 4.90 Å². The average molecular weight is 290 g/mol. The topological polar surface area (TPSA) is 26.7 Å². The third kappa shape index (κ3) is 4.29. The van der Waals surface area contributed by atoms with Gasteiger partial charge in [-0.2, -0.15) is 0 Å². The van der Waals surface area contributed by atoms with Gasteiger partial charge in [0.05, 0.1) is 6.10 Å². The molecule has 0 radical (unpaired) electrons. The molecule has 3 nitrogen and oxygen atoms in total. The maximum Gasteiger partial charge on any atom is 0.0947 e. The maximum atomic E-state index is 10.9. The number of rotatable bonds is 6. The second-order valence-corrected chi connectivity index (χ2v) is 6.44. The lowest BCUT2D eigenvalue weighted by Gasteiger charge is -2.35. The Balaban J connectivity index is 2.16. The zero-order chi connectivity index (χ0) is 15.2. The molecular formula is C18H30N2O. The van der Waals surface area contributed by atoms with E-state index in [9.17, 15) is 5.11 Å². The molecule has 0 saturated heterocycles. The number of aliphatic hydroxyl groups is 1. The van der Waals surface area contributed by atoms with Crippen molar-refractivity contribution in [1.29, 1.82) is 0 Å². The fourth-order valence-electron chi connectivity index (χ4n) is 3.36. The highest BCUT2D eigenvalue weighted by molar-refractivity contribution is 5.31. The predicted octanol–water partition coefficient (Wildman–Crippen LogP) is 2.70. The Morgan fingerprint density at radius 1 is 1.14 bits per heavy atom. The molecule has 21 heavy (non-hydrogen) atoms. The van der Waals surface area contributed by atoms with Crippen LogP contribution in [0.2, 0.25) is 0 Å². The van der Waals surface area contributed by atoms with Gasteiger partial charge in [0.15, 0.2) is 0 Å². The van der Waals surface area contributed by atoms with E-state index in [0.717, 1.165) is 44.5 Å². The molecule has 118 valence electrons. The van der Waals surface area contributed by atoms with Crippen LogP contribution in [0.15, 0.2) is 24.3 Å². The van der Waals surface area contributed by atoms with Gasteiger partial charge in [-0.25, -0.2) is 0 Å². The first-order valence-electron chi connectivity index (χ1n) is 8.28. The summed E-state index contributed by atoms with van der Waals surface area (Å²) in [6.45, 7) is 5.37. The van der Waals surface area contributed by atoms with Crippen LogP contribution in [-0.2, 0) is 6.42 Å². The van der Waals surface area contributed by atoms with Crippen molar-refractivity contribution in [3.05, 3.63) is 35.4 Å². The molecule has 1 aliphatic carbocycles. The van der Waals surface area contributed by atoms with Crippen LogP contribution in [0.4, 0.5) is 0 Å². The van der Waals surface area contributed by atoms with Gasteiger partial charge in [-0.05, 0) is 57.5 Å². The summed E-state index contributed by atoms with van der Waals surface area (Å²) in [4.78, 5) is 4.71. The highest BCUT2D eigenvalue weighted by atomic mass is 16.3. The molecule has 1 aliphatic rings. The molecule has 2 atom stereocenters. The first-order valence-corrected chi connectivity index (χ1v) is 8.28. The normalized spacial score (nSPS) is 22.4. The Kier molecular flexibility index (Phi) is 6.22. The number of hydrogen-bond donors (Lipinski definition) is 1. The van der Waals surface area contributed by atoms with Crippen LogP contribution in [0.3, 0.4) is 0 Å². The van der Waals surface area contributed by atoms with E-state index in [1.54, 1.807) is 0 Å². The van der Waals surface area contributed by atoms with Gasteiger partial charge in [0.25, 0.3) is 0 Å². The number of hydrogen-bond acceptors (Lipinski definition) is 3. The van der Waals surface area contributed by atoms with E-state index in [-0.39, 0.29) is 12.1 Å². The maximum absolute atomic E-state index is 10.9. The fourth-order valence-corrected chi connectivity index (χ4v) is 3.36. The Labute approximate surface area is 129 Å². The zero-order valence-electron chi connectivity index (χ0n) is 13.8. The quantitative estimate of drug-likeness (QED) is 0.816. The van der Waals surface area contributed by atoms with Crippen LogP contribution >= 0.6 is 0 Å². The summed E-state index contributed by atoms with van der Waals surface area (Å²) in [7, 11) is 4.23. The first-order chi connectivity index (χ1) is 10.1. The largest absolute Gasteiger partial charge is 0.387 e. The van der Waals surface area contributed by atoms with Crippen LogP contribution in [0.25, 0.3) is 0 Å². The minimum Gasteiger partial charge on any atom is -0.387 e. The van der Waals surface area contributed by atoms with Gasteiger partial charge in [0.1, 0.15) is 0 Å². The van der Waals surface area contributed by atoms with Crippen molar-refractivity contribution >= 4 is 0 Å². The number of aliphatic hydroxyl groups excluding tert-OH is 1. The molecule has 1 N–H and O–H groups in total. The van der Waals surface area contributed by atoms with Gasteiger partial charge in [-0.1, -0.05) is 31.2 Å². The summed E-state index contributed by atoms with van der Waals surface area (Å²) in [5, 5.41) is 10.9. The monoisotopic (exact) mass is 290 g/mol. The van der Waals surface area contributed by atoms with Gasteiger partial charge in [0.2, 0.25) is 0 Å². The fraction of sp³-hybridized carbons (Fsp3) is 0.667. The van der Waals surface area contributed by atoms with Gasteiger partial charge in [0, 0.05) is 19.1 Å². The minimum atomic E-state index is -0.350. The molecule has 0 saturated carbocycles. The molecular weight excluding hydrogens is 260 g/mol. The van der Waals surface area contributed by atoms with Gasteiger partial charge < -0.3 is 10.0 Å². The van der Waals surface area contributed by atoms with Crippen molar-refractivity contribution in [2.24, 2.45) is 0 Å². The summed E-state index contributed by atoms with van der Waals surface area (Å²) in [5.74, 6) is 0. The summed E-state index contributed by atoms with van der Waals surface area (Å²) < 4.78 is 0. The number of fused-ring (bicyclic) bond motifs is 1. The average Bonchev–Trinajstić information content (AvgIpc) is 2.63. The van der Waals surface area contributed by atoms with E-state index < -0.39 is 0 Å². The van der Waals surface area contributed by atoms with E-state index in [1.807, 2.05) is 0 Å². The second kappa shape index (κ2) is 7.92. The van der Waals surface area contributed by atoms with Crippen LogP contribution in [0.5, 0.6) is 0 Å². The second-order valence-electron chi connectivity index (χ2n) is 6.44. The molecule has 1 aromatic carbocycles. The van der Waals surface area contributed by atoms with Crippen LogP contribution in [0, 0.1) is 0 Å². The summed E-state index contributed by atoms with van der Waals surface area (Å²) >= 11 is 0. The Morgan fingerprint density at radius 2 is 1.90 bits per heavy atom. The van der Waals surface area contributed by atoms with Gasteiger partial charge >= 0.3 is 0 Å². The third-order valence-corrected chi connectivity index (χ3v) is 4.50. The lowest BCUT2D eigenvalue weighted by molar-refractivity contribution is 0.0411. The molecule has 0 aromatic heterocycles. The van der Waals surface area contributed by atoms with Crippen molar-refractivity contribution in [1.82, 2.24) is 9.80 Å². The number of aryl methyl sites for hydroxylation is 1. The smallest absolute Gasteiger partial charge is 0.0947 e. The molecule has 0 spiro atoms. The van der Waals surface area contributed by atoms with Crippen LogP contribution < -0.4 is 0 Å². The number of benzene rings is 1. The first kappa shape index (κ1) is 16.5. The molecule has 0 heterocycles. The van der Waals surface area contributed by atoms with Crippen molar-refractivity contribution in [2.45, 2.75) is 44.8 Å². The number of nitrogens with zero attached hydrogens (tertiary/aromatic N) is 2. The molecule has 0 aliphatic heterocycles. The third-order valence-electron chi connectivity index (χ3n) is 4.50. The Hall–Kier alpha value is -0.900. The van der Waals surface area contributed by atoms with E-state index in [1.165, 1.54) is 12.0 Å². The molecule has 2 unspecified atom stereocenters. The summed E-state index contributed by atoms with van der Waals surface area (Å²) in [6.07, 6.45) is 4.14. The van der Waals surface area contributed by atoms with Crippen molar-refractivity contribution in [3.8, 4) is 0 Å². The molecule has 0 bridgehead atoms. The van der Waals surface area contributed by atoms with Crippen LogP contribution in [0.1, 0.15) is 43.4 Å². The molecule has 2 rings (SSSR count). The molecule has 0 amide bonds. The van der Waals surface area contributed by atoms with E-state index in [4.69, 9.17) is 0 Å². The highest BCUT2D eigenvalue weighted by Crippen LogP contribution is 2.31. The zero-order valence-corrected chi connectivity index (χ0v) is 13.8. The number of likely N-dealkylation sites (N-methyl/N-ethyl adjacent to an activating group) is 1. The summed E-state index contributed by atoms with van der Waals surface area (Å²) in [6, 6.07) is 8.67. The predicted molar refractivity (Wildman–Crippen MR) is 88.5 cm³/mol. The van der Waals surface area contributed by atoms with Crippen molar-refractivity contribution < 1.29 is 5.11 Å². The molecule has 3 heteroatoms. The SMILES string of the molecule is CCCN(CCN(C)C)C1CCCc2ccccc2C1O. The minimum absolute atomic E-state index is 0.258. The lowest BCUT2D eigenvalue weighted by atomic mass is 9.97. The van der Waals surface area contributed by atoms with Crippen LogP contribution in [-0.4, -0.2) is 54.7 Å². The molecule has 1 aromatic rings.